The van der Waals surface area contributed by atoms with Crippen LogP contribution in [0.3, 0.4) is 0 Å². The zero-order valence-electron chi connectivity index (χ0n) is 11.3. The van der Waals surface area contributed by atoms with Gasteiger partial charge in [-0.05, 0) is 17.9 Å². The maximum absolute atomic E-state index is 11.8. The minimum absolute atomic E-state index is 0.103. The summed E-state index contributed by atoms with van der Waals surface area (Å²) in [7, 11) is 3.14. The summed E-state index contributed by atoms with van der Waals surface area (Å²) in [6.45, 7) is 0.591. The van der Waals surface area contributed by atoms with Crippen LogP contribution in [0.25, 0.3) is 0 Å². The second-order valence-electron chi connectivity index (χ2n) is 4.07. The number of methoxy groups -OCH3 is 1. The van der Waals surface area contributed by atoms with Gasteiger partial charge in [0.15, 0.2) is 0 Å². The quantitative estimate of drug-likeness (QED) is 0.692. The Balaban J connectivity index is 2.12. The van der Waals surface area contributed by atoms with E-state index in [1.807, 2.05) is 11.4 Å². The van der Waals surface area contributed by atoms with Crippen molar-refractivity contribution >= 4 is 35.0 Å². The summed E-state index contributed by atoms with van der Waals surface area (Å²) in [6.07, 6.45) is 1.00. The lowest BCUT2D eigenvalue weighted by atomic mass is 10.3. The maximum atomic E-state index is 11.8. The van der Waals surface area contributed by atoms with E-state index in [1.165, 1.54) is 12.0 Å². The third kappa shape index (κ3) is 6.63. The Morgan fingerprint density at radius 1 is 1.47 bits per heavy atom. The molecule has 0 aliphatic rings. The van der Waals surface area contributed by atoms with Crippen molar-refractivity contribution in [3.63, 3.8) is 0 Å². The van der Waals surface area contributed by atoms with Gasteiger partial charge in [0.05, 0.1) is 12.9 Å². The topological polar surface area (TPSA) is 46.6 Å². The van der Waals surface area contributed by atoms with E-state index in [1.54, 1.807) is 35.0 Å². The second-order valence-corrected chi connectivity index (χ2v) is 6.08. The minimum Gasteiger partial charge on any atom is -0.469 e. The summed E-state index contributed by atoms with van der Waals surface area (Å²) >= 11 is 3.32. The van der Waals surface area contributed by atoms with Crippen molar-refractivity contribution in [2.45, 2.75) is 18.6 Å². The molecular formula is C13H19NO3S2. The van der Waals surface area contributed by atoms with E-state index in [0.717, 1.165) is 5.75 Å². The van der Waals surface area contributed by atoms with Crippen LogP contribution < -0.4 is 0 Å². The van der Waals surface area contributed by atoms with Gasteiger partial charge in [0.1, 0.15) is 0 Å². The van der Waals surface area contributed by atoms with E-state index in [4.69, 9.17) is 0 Å². The molecule has 4 nitrogen and oxygen atoms in total. The summed E-state index contributed by atoms with van der Waals surface area (Å²) in [5.74, 6) is 1.23. The van der Waals surface area contributed by atoms with Crippen LogP contribution in [0.4, 0.5) is 0 Å². The third-order valence-corrected chi connectivity index (χ3v) is 4.60. The molecule has 1 rings (SSSR count). The molecule has 0 aromatic carbocycles. The highest BCUT2D eigenvalue weighted by molar-refractivity contribution is 7.99. The molecule has 0 bridgehead atoms. The summed E-state index contributed by atoms with van der Waals surface area (Å²) in [5.41, 5.74) is 0. The van der Waals surface area contributed by atoms with Gasteiger partial charge in [0.25, 0.3) is 0 Å². The Labute approximate surface area is 122 Å². The number of hydrogen-bond donors (Lipinski definition) is 0. The van der Waals surface area contributed by atoms with Crippen LogP contribution in [0.1, 0.15) is 17.7 Å². The van der Waals surface area contributed by atoms with E-state index < -0.39 is 0 Å². The molecule has 1 amide bonds. The second kappa shape index (κ2) is 8.98. The van der Waals surface area contributed by atoms with Gasteiger partial charge in [-0.15, -0.1) is 23.1 Å². The number of amides is 1. The Kier molecular flexibility index (Phi) is 7.59. The molecule has 0 unspecified atom stereocenters. The van der Waals surface area contributed by atoms with Gasteiger partial charge in [0, 0.05) is 30.6 Å². The normalized spacial score (nSPS) is 10.2. The van der Waals surface area contributed by atoms with Crippen LogP contribution in [0.2, 0.25) is 0 Å². The first kappa shape index (κ1) is 16.0. The third-order valence-electron chi connectivity index (χ3n) is 2.58. The lowest BCUT2D eigenvalue weighted by molar-refractivity contribution is -0.141. The Morgan fingerprint density at radius 3 is 2.89 bits per heavy atom. The molecule has 106 valence electrons. The largest absolute Gasteiger partial charge is 0.469 e. The molecule has 6 heteroatoms. The van der Waals surface area contributed by atoms with Crippen molar-refractivity contribution in [3.8, 4) is 0 Å². The zero-order chi connectivity index (χ0) is 14.1. The number of thioether (sulfide) groups is 1. The number of carbonyl (C=O) groups excluding carboxylic acids is 2. The highest BCUT2D eigenvalue weighted by atomic mass is 32.2. The van der Waals surface area contributed by atoms with Crippen molar-refractivity contribution in [1.82, 2.24) is 4.90 Å². The van der Waals surface area contributed by atoms with Crippen molar-refractivity contribution in [1.29, 1.82) is 0 Å². The van der Waals surface area contributed by atoms with Crippen LogP contribution in [0.15, 0.2) is 17.5 Å². The van der Waals surface area contributed by atoms with Crippen LogP contribution in [-0.2, 0) is 20.1 Å². The first-order valence-electron chi connectivity index (χ1n) is 6.04. The SMILES string of the molecule is COC(=O)CCCN(C)C(=O)CSCc1cccs1. The van der Waals surface area contributed by atoms with Gasteiger partial charge in [-0.3, -0.25) is 9.59 Å². The molecule has 0 fully saturated rings. The molecule has 0 radical (unpaired) electrons. The number of rotatable bonds is 8. The molecule has 0 aliphatic carbocycles. The number of carbonyl (C=O) groups is 2. The van der Waals surface area contributed by atoms with Crippen LogP contribution in [0.5, 0.6) is 0 Å². The highest BCUT2D eigenvalue weighted by Crippen LogP contribution is 2.17. The van der Waals surface area contributed by atoms with Gasteiger partial charge in [-0.25, -0.2) is 0 Å². The number of ether oxygens (including phenoxy) is 1. The predicted molar refractivity (Wildman–Crippen MR) is 79.4 cm³/mol. The fourth-order valence-electron chi connectivity index (χ4n) is 1.43. The summed E-state index contributed by atoms with van der Waals surface area (Å²) in [5, 5.41) is 2.04. The standard InChI is InChI=1S/C13H19NO3S2/c1-14(7-3-6-13(16)17-2)12(15)10-18-9-11-5-4-8-19-11/h4-5,8H,3,6-7,9-10H2,1-2H3. The van der Waals surface area contributed by atoms with Crippen LogP contribution >= 0.6 is 23.1 Å². The summed E-state index contributed by atoms with van der Waals surface area (Å²) < 4.78 is 4.55. The molecule has 0 atom stereocenters. The smallest absolute Gasteiger partial charge is 0.305 e. The molecule has 0 saturated heterocycles. The van der Waals surface area contributed by atoms with Crippen LogP contribution in [-0.4, -0.2) is 43.2 Å². The first-order chi connectivity index (χ1) is 9.13. The van der Waals surface area contributed by atoms with Gasteiger partial charge in [-0.2, -0.15) is 0 Å². The van der Waals surface area contributed by atoms with Gasteiger partial charge in [-0.1, -0.05) is 6.07 Å². The number of hydrogen-bond acceptors (Lipinski definition) is 5. The van der Waals surface area contributed by atoms with E-state index >= 15 is 0 Å². The lowest BCUT2D eigenvalue weighted by Crippen LogP contribution is -2.29. The summed E-state index contributed by atoms with van der Waals surface area (Å²) in [6, 6.07) is 4.09. The molecule has 0 saturated carbocycles. The van der Waals surface area contributed by atoms with Gasteiger partial charge >= 0.3 is 5.97 Å². The van der Waals surface area contributed by atoms with E-state index in [-0.39, 0.29) is 11.9 Å². The first-order valence-corrected chi connectivity index (χ1v) is 8.08. The summed E-state index contributed by atoms with van der Waals surface area (Å²) in [4.78, 5) is 25.7. The number of thiophene rings is 1. The van der Waals surface area contributed by atoms with E-state index in [2.05, 4.69) is 10.8 Å². The Morgan fingerprint density at radius 2 is 2.26 bits per heavy atom. The molecular weight excluding hydrogens is 282 g/mol. The fourth-order valence-corrected chi connectivity index (χ4v) is 3.24. The Bertz CT molecular complexity index is 393. The van der Waals surface area contributed by atoms with Crippen LogP contribution in [0, 0.1) is 0 Å². The van der Waals surface area contributed by atoms with Gasteiger partial charge in [0.2, 0.25) is 5.91 Å². The molecule has 0 N–H and O–H groups in total. The number of esters is 1. The molecule has 1 heterocycles. The number of nitrogens with zero attached hydrogens (tertiary/aromatic N) is 1. The van der Waals surface area contributed by atoms with E-state index in [9.17, 15) is 9.59 Å². The van der Waals surface area contributed by atoms with Gasteiger partial charge < -0.3 is 9.64 Å². The van der Waals surface area contributed by atoms with Crippen molar-refractivity contribution in [2.75, 3.05) is 26.5 Å². The fraction of sp³-hybridized carbons (Fsp3) is 0.538. The predicted octanol–water partition coefficient (Wildman–Crippen LogP) is 2.39. The average Bonchev–Trinajstić information content (AvgIpc) is 2.91. The highest BCUT2D eigenvalue weighted by Gasteiger charge is 2.09. The zero-order valence-corrected chi connectivity index (χ0v) is 12.9. The monoisotopic (exact) mass is 301 g/mol. The van der Waals surface area contributed by atoms with E-state index in [0.29, 0.717) is 25.1 Å². The van der Waals surface area contributed by atoms with Crippen molar-refractivity contribution < 1.29 is 14.3 Å². The lowest BCUT2D eigenvalue weighted by Gasteiger charge is -2.16. The minimum atomic E-state index is -0.229. The molecule has 0 spiro atoms. The maximum Gasteiger partial charge on any atom is 0.305 e. The molecule has 19 heavy (non-hydrogen) atoms. The molecule has 1 aromatic rings. The molecule has 0 aliphatic heterocycles. The van der Waals surface area contributed by atoms with Crippen molar-refractivity contribution in [3.05, 3.63) is 22.4 Å². The molecule has 1 aromatic heterocycles. The van der Waals surface area contributed by atoms with Crippen molar-refractivity contribution in [2.24, 2.45) is 0 Å². The Hall–Kier alpha value is -1.01. The average molecular weight is 301 g/mol.